The molecule has 0 radical (unpaired) electrons. The largest absolute Gasteiger partial charge is 0.389 e. The van der Waals surface area contributed by atoms with Crippen molar-refractivity contribution in [3.05, 3.63) is 0 Å². The molecule has 5 N–H and O–H groups in total. The van der Waals surface area contributed by atoms with Crippen molar-refractivity contribution >= 4 is 5.91 Å². The van der Waals surface area contributed by atoms with Gasteiger partial charge in [0, 0.05) is 26.1 Å². The number of carbonyl (C=O) groups is 1. The molecule has 2 atom stereocenters. The fraction of sp³-hybridized carbons (Fsp3) is 0.857. The average Bonchev–Trinajstić information content (AvgIpc) is 2.42. The summed E-state index contributed by atoms with van der Waals surface area (Å²) in [7, 11) is 0. The Morgan fingerprint density at radius 1 is 1.46 bits per heavy atom. The summed E-state index contributed by atoms with van der Waals surface area (Å²) in [6, 6.07) is 0. The molecule has 1 saturated heterocycles. The molecule has 0 saturated carbocycles. The van der Waals surface area contributed by atoms with Crippen molar-refractivity contribution in [2.75, 3.05) is 19.6 Å². The highest BCUT2D eigenvalue weighted by Gasteiger charge is 2.29. The summed E-state index contributed by atoms with van der Waals surface area (Å²) in [6.07, 6.45) is -1.10. The molecule has 1 heterocycles. The number of hydrogen-bond donors (Lipinski definition) is 4. The number of nitrogens with two attached hydrogens (primary N) is 1. The van der Waals surface area contributed by atoms with E-state index >= 15 is 0 Å². The van der Waals surface area contributed by atoms with Crippen molar-refractivity contribution in [3.63, 3.8) is 0 Å². The van der Waals surface area contributed by atoms with E-state index in [1.165, 1.54) is 0 Å². The fourth-order valence-electron chi connectivity index (χ4n) is 1.36. The van der Waals surface area contributed by atoms with Crippen molar-refractivity contribution in [3.8, 4) is 0 Å². The van der Waals surface area contributed by atoms with E-state index < -0.39 is 12.2 Å². The standard InChI is InChI=1S/C7H15N3O3/c8-9-7(13)1-2-10-3-5(11)6(12)4-10/h5-6,11-12H,1-4,8H2,(H,9,13). The van der Waals surface area contributed by atoms with Crippen LogP contribution in [0.25, 0.3) is 0 Å². The third kappa shape index (κ3) is 2.92. The Kier molecular flexibility index (Phi) is 3.61. The van der Waals surface area contributed by atoms with E-state index in [0.29, 0.717) is 19.6 Å². The zero-order chi connectivity index (χ0) is 9.84. The Labute approximate surface area is 76.3 Å². The first-order valence-corrected chi connectivity index (χ1v) is 4.21. The highest BCUT2D eigenvalue weighted by atomic mass is 16.3. The number of carbonyl (C=O) groups excluding carboxylic acids is 1. The van der Waals surface area contributed by atoms with Gasteiger partial charge >= 0.3 is 0 Å². The lowest BCUT2D eigenvalue weighted by atomic mass is 10.3. The van der Waals surface area contributed by atoms with E-state index in [9.17, 15) is 15.0 Å². The van der Waals surface area contributed by atoms with E-state index in [2.05, 4.69) is 0 Å². The van der Waals surface area contributed by atoms with Crippen LogP contribution in [0.4, 0.5) is 0 Å². The predicted molar refractivity (Wildman–Crippen MR) is 45.4 cm³/mol. The monoisotopic (exact) mass is 189 g/mol. The quantitative estimate of drug-likeness (QED) is 0.222. The van der Waals surface area contributed by atoms with Crippen molar-refractivity contribution in [1.82, 2.24) is 10.3 Å². The van der Waals surface area contributed by atoms with Gasteiger partial charge < -0.3 is 10.2 Å². The number of aliphatic hydroxyl groups excluding tert-OH is 2. The van der Waals surface area contributed by atoms with Gasteiger partial charge in [0.05, 0.1) is 12.2 Å². The minimum absolute atomic E-state index is 0.240. The van der Waals surface area contributed by atoms with Gasteiger partial charge in [-0.15, -0.1) is 0 Å². The molecule has 1 aliphatic heterocycles. The summed E-state index contributed by atoms with van der Waals surface area (Å²) in [6.45, 7) is 1.34. The van der Waals surface area contributed by atoms with Gasteiger partial charge in [0.1, 0.15) is 0 Å². The number of nitrogens with zero attached hydrogens (tertiary/aromatic N) is 1. The van der Waals surface area contributed by atoms with Crippen LogP contribution in [0.15, 0.2) is 0 Å². The number of β-amino-alcohol motifs (C(OH)–C–C–N with tert-alkyl or cyclic N) is 2. The van der Waals surface area contributed by atoms with Crippen LogP contribution in [0.3, 0.4) is 0 Å². The molecule has 0 aromatic heterocycles. The number of hydrogen-bond acceptors (Lipinski definition) is 5. The molecule has 13 heavy (non-hydrogen) atoms. The van der Waals surface area contributed by atoms with Gasteiger partial charge in [-0.2, -0.15) is 0 Å². The van der Waals surface area contributed by atoms with Gasteiger partial charge in [0.15, 0.2) is 0 Å². The summed E-state index contributed by atoms with van der Waals surface area (Å²) >= 11 is 0. The Hall–Kier alpha value is -0.690. The zero-order valence-electron chi connectivity index (χ0n) is 7.31. The van der Waals surface area contributed by atoms with E-state index in [4.69, 9.17) is 5.84 Å². The molecule has 0 aromatic rings. The Balaban J connectivity index is 2.20. The van der Waals surface area contributed by atoms with Crippen LogP contribution < -0.4 is 11.3 Å². The number of hydrazine groups is 1. The van der Waals surface area contributed by atoms with E-state index in [1.807, 2.05) is 10.3 Å². The molecular formula is C7H15N3O3. The normalized spacial score (nSPS) is 29.2. The average molecular weight is 189 g/mol. The maximum atomic E-state index is 10.7. The number of rotatable bonds is 3. The second-order valence-corrected chi connectivity index (χ2v) is 3.21. The van der Waals surface area contributed by atoms with Gasteiger partial charge in [-0.25, -0.2) is 5.84 Å². The predicted octanol–water partition coefficient (Wildman–Crippen LogP) is -2.60. The minimum atomic E-state index is -0.694. The fourth-order valence-corrected chi connectivity index (χ4v) is 1.36. The Morgan fingerprint density at radius 2 is 2.00 bits per heavy atom. The summed E-state index contributed by atoms with van der Waals surface area (Å²) in [5.74, 6) is 4.65. The molecule has 1 amide bonds. The molecule has 1 fully saturated rings. The number of amides is 1. The van der Waals surface area contributed by atoms with Crippen LogP contribution >= 0.6 is 0 Å². The van der Waals surface area contributed by atoms with Crippen LogP contribution in [0.2, 0.25) is 0 Å². The Morgan fingerprint density at radius 3 is 2.46 bits per heavy atom. The van der Waals surface area contributed by atoms with Crippen molar-refractivity contribution in [1.29, 1.82) is 0 Å². The van der Waals surface area contributed by atoms with Crippen LogP contribution in [-0.4, -0.2) is 52.9 Å². The van der Waals surface area contributed by atoms with Gasteiger partial charge in [-0.05, 0) is 0 Å². The van der Waals surface area contributed by atoms with Crippen molar-refractivity contribution in [2.24, 2.45) is 5.84 Å². The molecule has 1 aliphatic rings. The molecular weight excluding hydrogens is 174 g/mol. The van der Waals surface area contributed by atoms with Crippen molar-refractivity contribution in [2.45, 2.75) is 18.6 Å². The lowest BCUT2D eigenvalue weighted by Gasteiger charge is -2.13. The Bertz CT molecular complexity index is 178. The van der Waals surface area contributed by atoms with Gasteiger partial charge in [0.25, 0.3) is 0 Å². The molecule has 0 bridgehead atoms. The van der Waals surface area contributed by atoms with Crippen LogP contribution in [0, 0.1) is 0 Å². The molecule has 0 aliphatic carbocycles. The molecule has 0 aromatic carbocycles. The second kappa shape index (κ2) is 4.52. The molecule has 1 rings (SSSR count). The molecule has 2 unspecified atom stereocenters. The van der Waals surface area contributed by atoms with E-state index in [-0.39, 0.29) is 12.3 Å². The third-order valence-electron chi connectivity index (χ3n) is 2.15. The van der Waals surface area contributed by atoms with Gasteiger partial charge in [0.2, 0.25) is 5.91 Å². The summed E-state index contributed by atoms with van der Waals surface area (Å²) in [5.41, 5.74) is 2.02. The first-order valence-electron chi connectivity index (χ1n) is 4.21. The molecule has 6 nitrogen and oxygen atoms in total. The molecule has 0 spiro atoms. The first-order chi connectivity index (χ1) is 6.13. The highest BCUT2D eigenvalue weighted by molar-refractivity contribution is 5.75. The van der Waals surface area contributed by atoms with E-state index in [0.717, 1.165) is 0 Å². The summed E-state index contributed by atoms with van der Waals surface area (Å²) in [4.78, 5) is 12.6. The highest BCUT2D eigenvalue weighted by Crippen LogP contribution is 2.09. The third-order valence-corrected chi connectivity index (χ3v) is 2.15. The molecule has 6 heteroatoms. The lowest BCUT2D eigenvalue weighted by molar-refractivity contribution is -0.121. The number of likely N-dealkylation sites (tertiary alicyclic amines) is 1. The zero-order valence-corrected chi connectivity index (χ0v) is 7.31. The number of aliphatic hydroxyl groups is 2. The topological polar surface area (TPSA) is 98.8 Å². The lowest BCUT2D eigenvalue weighted by Crippen LogP contribution is -2.34. The van der Waals surface area contributed by atoms with Crippen LogP contribution in [0.1, 0.15) is 6.42 Å². The van der Waals surface area contributed by atoms with E-state index in [1.54, 1.807) is 0 Å². The van der Waals surface area contributed by atoms with Crippen LogP contribution in [-0.2, 0) is 4.79 Å². The van der Waals surface area contributed by atoms with Crippen LogP contribution in [0.5, 0.6) is 0 Å². The maximum absolute atomic E-state index is 10.7. The van der Waals surface area contributed by atoms with Gasteiger partial charge in [-0.3, -0.25) is 15.1 Å². The summed E-state index contributed by atoms with van der Waals surface area (Å²) < 4.78 is 0. The SMILES string of the molecule is NNC(=O)CCN1CC(O)C(O)C1. The minimum Gasteiger partial charge on any atom is -0.389 e. The number of nitrogens with one attached hydrogen (secondary N) is 1. The van der Waals surface area contributed by atoms with Gasteiger partial charge in [-0.1, -0.05) is 0 Å². The van der Waals surface area contributed by atoms with Crippen molar-refractivity contribution < 1.29 is 15.0 Å². The summed E-state index contributed by atoms with van der Waals surface area (Å²) in [5, 5.41) is 18.3. The maximum Gasteiger partial charge on any atom is 0.235 e. The molecule has 76 valence electrons. The first kappa shape index (κ1) is 10.4. The smallest absolute Gasteiger partial charge is 0.235 e. The second-order valence-electron chi connectivity index (χ2n) is 3.21.